The first-order chi connectivity index (χ1) is 8.81. The summed E-state index contributed by atoms with van der Waals surface area (Å²) in [6, 6.07) is 11.1. The van der Waals surface area contributed by atoms with Crippen molar-refractivity contribution in [2.24, 2.45) is 5.11 Å². The number of nitrogens with zero attached hydrogens (tertiary/aromatic N) is 4. The van der Waals surface area contributed by atoms with E-state index in [2.05, 4.69) is 15.0 Å². The van der Waals surface area contributed by atoms with Crippen molar-refractivity contribution in [2.45, 2.75) is 13.5 Å². The molecule has 2 aromatic rings. The van der Waals surface area contributed by atoms with Crippen LogP contribution in [0.15, 0.2) is 47.7 Å². The van der Waals surface area contributed by atoms with Crippen LogP contribution < -0.4 is 4.74 Å². The van der Waals surface area contributed by atoms with Gasteiger partial charge in [-0.25, -0.2) is 4.98 Å². The first-order valence-electron chi connectivity index (χ1n) is 5.49. The largest absolute Gasteiger partial charge is 0.439 e. The van der Waals surface area contributed by atoms with Crippen LogP contribution in [0.3, 0.4) is 0 Å². The number of aromatic nitrogens is 1. The van der Waals surface area contributed by atoms with Gasteiger partial charge in [-0.2, -0.15) is 0 Å². The number of rotatable bonds is 4. The molecule has 0 aliphatic heterocycles. The lowest BCUT2D eigenvalue weighted by molar-refractivity contribution is 0.458. The minimum atomic E-state index is 0.321. The van der Waals surface area contributed by atoms with Crippen molar-refractivity contribution in [1.29, 1.82) is 0 Å². The molecule has 2 rings (SSSR count). The van der Waals surface area contributed by atoms with E-state index in [0.717, 1.165) is 16.9 Å². The van der Waals surface area contributed by atoms with Gasteiger partial charge in [0.25, 0.3) is 0 Å². The fourth-order valence-electron chi connectivity index (χ4n) is 1.57. The lowest BCUT2D eigenvalue weighted by Crippen LogP contribution is -1.93. The quantitative estimate of drug-likeness (QED) is 0.460. The van der Waals surface area contributed by atoms with Gasteiger partial charge in [-0.15, -0.1) is 0 Å². The Labute approximate surface area is 105 Å². The van der Waals surface area contributed by atoms with Gasteiger partial charge in [0.15, 0.2) is 0 Å². The Morgan fingerprint density at radius 3 is 2.89 bits per heavy atom. The van der Waals surface area contributed by atoms with E-state index < -0.39 is 0 Å². The van der Waals surface area contributed by atoms with Gasteiger partial charge in [0.05, 0.1) is 6.54 Å². The Morgan fingerprint density at radius 2 is 2.17 bits per heavy atom. The molecule has 1 aromatic heterocycles. The van der Waals surface area contributed by atoms with Crippen molar-refractivity contribution in [3.8, 4) is 11.6 Å². The minimum absolute atomic E-state index is 0.321. The Kier molecular flexibility index (Phi) is 3.79. The molecule has 0 saturated carbocycles. The Balaban J connectivity index is 2.26. The van der Waals surface area contributed by atoms with Gasteiger partial charge >= 0.3 is 0 Å². The maximum atomic E-state index is 8.34. The normalized spacial score (nSPS) is 9.61. The first-order valence-corrected chi connectivity index (χ1v) is 5.49. The summed E-state index contributed by atoms with van der Waals surface area (Å²) in [5.41, 5.74) is 10.2. The third-order valence-electron chi connectivity index (χ3n) is 2.55. The Morgan fingerprint density at radius 1 is 1.28 bits per heavy atom. The molecular weight excluding hydrogens is 228 g/mol. The second kappa shape index (κ2) is 5.70. The fraction of sp³-hybridized carbons (Fsp3) is 0.154. The van der Waals surface area contributed by atoms with Gasteiger partial charge in [-0.1, -0.05) is 23.3 Å². The average Bonchev–Trinajstić information content (AvgIpc) is 2.41. The van der Waals surface area contributed by atoms with Gasteiger partial charge in [-0.3, -0.25) is 0 Å². The van der Waals surface area contributed by atoms with Crippen LogP contribution >= 0.6 is 0 Å². The van der Waals surface area contributed by atoms with Crippen LogP contribution in [0.5, 0.6) is 11.6 Å². The van der Waals surface area contributed by atoms with E-state index in [1.54, 1.807) is 12.3 Å². The van der Waals surface area contributed by atoms with E-state index in [-0.39, 0.29) is 0 Å². The van der Waals surface area contributed by atoms with Crippen LogP contribution in [0.4, 0.5) is 0 Å². The molecule has 0 saturated heterocycles. The van der Waals surface area contributed by atoms with Crippen LogP contribution in [0, 0.1) is 6.92 Å². The average molecular weight is 240 g/mol. The molecule has 0 unspecified atom stereocenters. The molecule has 18 heavy (non-hydrogen) atoms. The van der Waals surface area contributed by atoms with Crippen molar-refractivity contribution in [3.63, 3.8) is 0 Å². The zero-order chi connectivity index (χ0) is 12.8. The molecule has 5 nitrogen and oxygen atoms in total. The predicted octanol–water partition coefficient (Wildman–Crippen LogP) is 3.99. The highest BCUT2D eigenvalue weighted by Gasteiger charge is 2.05. The van der Waals surface area contributed by atoms with E-state index >= 15 is 0 Å². The second-order valence-electron chi connectivity index (χ2n) is 3.70. The summed E-state index contributed by atoms with van der Waals surface area (Å²) in [7, 11) is 0. The molecule has 90 valence electrons. The summed E-state index contributed by atoms with van der Waals surface area (Å²) in [6.07, 6.45) is 1.68. The first kappa shape index (κ1) is 12.0. The molecule has 1 aromatic carbocycles. The fourth-order valence-corrected chi connectivity index (χ4v) is 1.57. The standard InChI is InChI=1S/C13H12N4O/c1-10-11(9-16-17-14)5-4-6-12(10)18-13-7-2-3-8-15-13/h2-8H,9H2,1H3. The predicted molar refractivity (Wildman–Crippen MR) is 68.3 cm³/mol. The van der Waals surface area contributed by atoms with E-state index in [9.17, 15) is 0 Å². The van der Waals surface area contributed by atoms with Gasteiger partial charge in [-0.05, 0) is 35.7 Å². The number of azide groups is 1. The smallest absolute Gasteiger partial charge is 0.219 e. The summed E-state index contributed by atoms with van der Waals surface area (Å²) in [5, 5.41) is 3.56. The second-order valence-corrected chi connectivity index (χ2v) is 3.70. The van der Waals surface area contributed by atoms with Crippen LogP contribution in [0.25, 0.3) is 10.4 Å². The lowest BCUT2D eigenvalue weighted by atomic mass is 10.1. The molecule has 5 heteroatoms. The summed E-state index contributed by atoms with van der Waals surface area (Å²) in [6.45, 7) is 2.25. The van der Waals surface area contributed by atoms with Crippen molar-refractivity contribution in [2.75, 3.05) is 0 Å². The molecule has 1 heterocycles. The number of hydrogen-bond donors (Lipinski definition) is 0. The van der Waals surface area contributed by atoms with Crippen molar-refractivity contribution in [3.05, 3.63) is 64.2 Å². The molecule has 0 aliphatic rings. The lowest BCUT2D eigenvalue weighted by Gasteiger charge is -2.10. The van der Waals surface area contributed by atoms with E-state index in [0.29, 0.717) is 12.4 Å². The van der Waals surface area contributed by atoms with E-state index in [4.69, 9.17) is 10.3 Å². The summed E-state index contributed by atoms with van der Waals surface area (Å²) < 4.78 is 5.68. The molecule has 0 radical (unpaired) electrons. The molecule has 0 amide bonds. The van der Waals surface area contributed by atoms with Crippen LogP contribution in [0.1, 0.15) is 11.1 Å². The molecule has 0 fully saturated rings. The van der Waals surface area contributed by atoms with Gasteiger partial charge in [0.2, 0.25) is 5.88 Å². The topological polar surface area (TPSA) is 70.9 Å². The van der Waals surface area contributed by atoms with Crippen molar-refractivity contribution >= 4 is 0 Å². The maximum Gasteiger partial charge on any atom is 0.219 e. The van der Waals surface area contributed by atoms with Crippen LogP contribution in [-0.4, -0.2) is 4.98 Å². The zero-order valence-corrected chi connectivity index (χ0v) is 9.95. The highest BCUT2D eigenvalue weighted by atomic mass is 16.5. The molecular formula is C13H12N4O. The third-order valence-corrected chi connectivity index (χ3v) is 2.55. The maximum absolute atomic E-state index is 8.34. The van der Waals surface area contributed by atoms with Gasteiger partial charge < -0.3 is 4.74 Å². The molecule has 0 spiro atoms. The molecule has 0 atom stereocenters. The summed E-state index contributed by atoms with van der Waals surface area (Å²) in [4.78, 5) is 6.86. The van der Waals surface area contributed by atoms with Crippen molar-refractivity contribution in [1.82, 2.24) is 4.98 Å². The Bertz CT molecular complexity index is 577. The summed E-state index contributed by atoms with van der Waals surface area (Å²) in [5.74, 6) is 1.26. The van der Waals surface area contributed by atoms with Crippen LogP contribution in [-0.2, 0) is 6.54 Å². The van der Waals surface area contributed by atoms with Gasteiger partial charge in [0, 0.05) is 17.2 Å². The highest BCUT2D eigenvalue weighted by Crippen LogP contribution is 2.26. The van der Waals surface area contributed by atoms with E-state index in [1.165, 1.54) is 0 Å². The SMILES string of the molecule is Cc1c(CN=[N+]=[N-])cccc1Oc1ccccn1. The zero-order valence-electron chi connectivity index (χ0n) is 9.95. The Hall–Kier alpha value is -2.52. The third kappa shape index (κ3) is 2.78. The highest BCUT2D eigenvalue weighted by molar-refractivity contribution is 5.40. The van der Waals surface area contributed by atoms with Crippen LogP contribution in [0.2, 0.25) is 0 Å². The van der Waals surface area contributed by atoms with E-state index in [1.807, 2.05) is 37.3 Å². The minimum Gasteiger partial charge on any atom is -0.439 e. The van der Waals surface area contributed by atoms with Crippen molar-refractivity contribution < 1.29 is 4.74 Å². The molecule has 0 aliphatic carbocycles. The number of benzene rings is 1. The van der Waals surface area contributed by atoms with Gasteiger partial charge in [0.1, 0.15) is 5.75 Å². The molecule has 0 N–H and O–H groups in total. The monoisotopic (exact) mass is 240 g/mol. The molecule has 0 bridgehead atoms. The summed E-state index contributed by atoms with van der Waals surface area (Å²) >= 11 is 0. The number of pyridine rings is 1. The number of ether oxygens (including phenoxy) is 1. The number of hydrogen-bond acceptors (Lipinski definition) is 3.